The normalized spacial score (nSPS) is 19.9. The minimum Gasteiger partial charge on any atom is -0.490 e. The maximum atomic E-state index is 12.8. The van der Waals surface area contributed by atoms with E-state index in [0.717, 1.165) is 30.6 Å². The van der Waals surface area contributed by atoms with Gasteiger partial charge in [-0.05, 0) is 38.3 Å². The monoisotopic (exact) mass is 393 g/mol. The molecule has 0 saturated carbocycles. The van der Waals surface area contributed by atoms with Gasteiger partial charge in [-0.25, -0.2) is 8.42 Å². The average Bonchev–Trinajstić information content (AvgIpc) is 3.00. The molecule has 2 rings (SSSR count). The zero-order valence-electron chi connectivity index (χ0n) is 16.6. The van der Waals surface area contributed by atoms with E-state index < -0.39 is 9.84 Å². The maximum absolute atomic E-state index is 12.8. The highest BCUT2D eigenvalue weighted by atomic mass is 32.2. The van der Waals surface area contributed by atoms with Crippen molar-refractivity contribution in [1.82, 2.24) is 4.90 Å². The van der Waals surface area contributed by atoms with Crippen LogP contribution in [0.1, 0.15) is 52.0 Å². The van der Waals surface area contributed by atoms with Crippen LogP contribution in [0.5, 0.6) is 5.75 Å². The number of unbranched alkanes of at least 4 members (excludes halogenated alkanes) is 1. The second kappa shape index (κ2) is 9.93. The Morgan fingerprint density at radius 3 is 2.70 bits per heavy atom. The zero-order chi connectivity index (χ0) is 19.9. The van der Waals surface area contributed by atoms with Gasteiger partial charge in [-0.2, -0.15) is 0 Å². The van der Waals surface area contributed by atoms with Crippen LogP contribution in [0.25, 0.3) is 6.08 Å². The predicted molar refractivity (Wildman–Crippen MR) is 110 cm³/mol. The van der Waals surface area contributed by atoms with Crippen LogP contribution >= 0.6 is 0 Å². The van der Waals surface area contributed by atoms with E-state index in [1.807, 2.05) is 31.2 Å². The molecule has 1 heterocycles. The SMILES string of the molecule is CCCCN(C(=O)C=Cc1ccccc1OC(C)CC)C1CCS(=O)(=O)C1. The van der Waals surface area contributed by atoms with Crippen molar-refractivity contribution in [2.75, 3.05) is 18.1 Å². The molecule has 6 heteroatoms. The van der Waals surface area contributed by atoms with E-state index in [1.165, 1.54) is 0 Å². The summed E-state index contributed by atoms with van der Waals surface area (Å²) in [6, 6.07) is 7.41. The molecule has 1 saturated heterocycles. The summed E-state index contributed by atoms with van der Waals surface area (Å²) in [5.41, 5.74) is 0.848. The topological polar surface area (TPSA) is 63.7 Å². The van der Waals surface area contributed by atoms with Crippen LogP contribution in [0.15, 0.2) is 30.3 Å². The lowest BCUT2D eigenvalue weighted by molar-refractivity contribution is -0.127. The van der Waals surface area contributed by atoms with Crippen molar-refractivity contribution in [3.05, 3.63) is 35.9 Å². The quantitative estimate of drug-likeness (QED) is 0.600. The molecule has 27 heavy (non-hydrogen) atoms. The molecule has 2 atom stereocenters. The first-order valence-corrected chi connectivity index (χ1v) is 11.6. The van der Waals surface area contributed by atoms with Crippen molar-refractivity contribution in [3.63, 3.8) is 0 Å². The van der Waals surface area contributed by atoms with E-state index >= 15 is 0 Å². The molecule has 5 nitrogen and oxygen atoms in total. The fourth-order valence-electron chi connectivity index (χ4n) is 3.10. The van der Waals surface area contributed by atoms with Crippen molar-refractivity contribution in [1.29, 1.82) is 0 Å². The minimum absolute atomic E-state index is 0.0734. The van der Waals surface area contributed by atoms with E-state index in [1.54, 1.807) is 17.1 Å². The Balaban J connectivity index is 2.15. The molecule has 0 radical (unpaired) electrons. The number of ether oxygens (including phenoxy) is 1. The summed E-state index contributed by atoms with van der Waals surface area (Å²) < 4.78 is 29.6. The molecule has 0 aliphatic carbocycles. The van der Waals surface area contributed by atoms with Crippen LogP contribution in [0.2, 0.25) is 0 Å². The first-order chi connectivity index (χ1) is 12.9. The molecule has 1 aromatic rings. The maximum Gasteiger partial charge on any atom is 0.246 e. The van der Waals surface area contributed by atoms with Gasteiger partial charge in [-0.1, -0.05) is 38.5 Å². The number of carbonyl (C=O) groups excluding carboxylic acids is 1. The molecular formula is C21H31NO4S. The van der Waals surface area contributed by atoms with Gasteiger partial charge in [0.25, 0.3) is 0 Å². The molecule has 0 N–H and O–H groups in total. The van der Waals surface area contributed by atoms with Gasteiger partial charge in [0.05, 0.1) is 17.6 Å². The van der Waals surface area contributed by atoms with Gasteiger partial charge >= 0.3 is 0 Å². The summed E-state index contributed by atoms with van der Waals surface area (Å²) in [7, 11) is -3.03. The lowest BCUT2D eigenvalue weighted by atomic mass is 10.1. The molecule has 2 unspecified atom stereocenters. The minimum atomic E-state index is -3.03. The van der Waals surface area contributed by atoms with Gasteiger partial charge in [0, 0.05) is 24.2 Å². The Bertz CT molecular complexity index is 757. The Labute approximate surface area is 163 Å². The molecule has 1 aromatic carbocycles. The van der Waals surface area contributed by atoms with Crippen molar-refractivity contribution in [3.8, 4) is 5.75 Å². The molecule has 0 spiro atoms. The van der Waals surface area contributed by atoms with Crippen molar-refractivity contribution >= 4 is 21.8 Å². The Morgan fingerprint density at radius 1 is 1.33 bits per heavy atom. The summed E-state index contributed by atoms with van der Waals surface area (Å²) in [6.45, 7) is 6.73. The second-order valence-electron chi connectivity index (χ2n) is 7.15. The van der Waals surface area contributed by atoms with E-state index in [0.29, 0.717) is 13.0 Å². The fourth-order valence-corrected chi connectivity index (χ4v) is 4.84. The van der Waals surface area contributed by atoms with Gasteiger partial charge in [-0.15, -0.1) is 0 Å². The van der Waals surface area contributed by atoms with Gasteiger partial charge in [0.2, 0.25) is 5.91 Å². The third-order valence-electron chi connectivity index (χ3n) is 4.91. The number of hydrogen-bond acceptors (Lipinski definition) is 4. The van der Waals surface area contributed by atoms with Crippen molar-refractivity contribution in [2.24, 2.45) is 0 Å². The van der Waals surface area contributed by atoms with Gasteiger partial charge in [-0.3, -0.25) is 4.79 Å². The van der Waals surface area contributed by atoms with Crippen LogP contribution < -0.4 is 4.74 Å². The zero-order valence-corrected chi connectivity index (χ0v) is 17.4. The van der Waals surface area contributed by atoms with Crippen LogP contribution in [-0.2, 0) is 14.6 Å². The number of hydrogen-bond donors (Lipinski definition) is 0. The Kier molecular flexibility index (Phi) is 7.90. The van der Waals surface area contributed by atoms with Crippen LogP contribution in [-0.4, -0.2) is 49.4 Å². The summed E-state index contributed by atoms with van der Waals surface area (Å²) in [5, 5.41) is 0. The predicted octanol–water partition coefficient (Wildman–Crippen LogP) is 3.69. The summed E-state index contributed by atoms with van der Waals surface area (Å²) in [4.78, 5) is 14.5. The standard InChI is InChI=1S/C21H31NO4S/c1-4-6-14-22(19-13-15-27(24,25)16-19)21(23)12-11-18-9-7-8-10-20(18)26-17(3)5-2/h7-12,17,19H,4-6,13-16H2,1-3H3. The number of amides is 1. The number of sulfone groups is 1. The number of benzene rings is 1. The number of rotatable bonds is 9. The fraction of sp³-hybridized carbons (Fsp3) is 0.571. The van der Waals surface area contributed by atoms with Crippen LogP contribution in [0.3, 0.4) is 0 Å². The highest BCUT2D eigenvalue weighted by Gasteiger charge is 2.33. The highest BCUT2D eigenvalue weighted by Crippen LogP contribution is 2.23. The summed E-state index contributed by atoms with van der Waals surface area (Å²) in [5.74, 6) is 0.857. The molecular weight excluding hydrogens is 362 g/mol. The Hall–Kier alpha value is -1.82. The first-order valence-electron chi connectivity index (χ1n) is 9.81. The van der Waals surface area contributed by atoms with Gasteiger partial charge < -0.3 is 9.64 Å². The van der Waals surface area contributed by atoms with E-state index in [-0.39, 0.29) is 29.6 Å². The van der Waals surface area contributed by atoms with Gasteiger partial charge in [0.15, 0.2) is 9.84 Å². The third kappa shape index (κ3) is 6.38. The number of para-hydroxylation sites is 1. The van der Waals surface area contributed by atoms with Crippen molar-refractivity contribution < 1.29 is 17.9 Å². The van der Waals surface area contributed by atoms with Gasteiger partial charge in [0.1, 0.15) is 5.75 Å². The van der Waals surface area contributed by atoms with E-state index in [9.17, 15) is 13.2 Å². The van der Waals surface area contributed by atoms with E-state index in [4.69, 9.17) is 4.74 Å². The molecule has 1 aliphatic rings. The van der Waals surface area contributed by atoms with Crippen LogP contribution in [0, 0.1) is 0 Å². The molecule has 1 fully saturated rings. The summed E-state index contributed by atoms with van der Waals surface area (Å²) >= 11 is 0. The largest absolute Gasteiger partial charge is 0.490 e. The number of nitrogens with zero attached hydrogens (tertiary/aromatic N) is 1. The lowest BCUT2D eigenvalue weighted by Crippen LogP contribution is -2.40. The van der Waals surface area contributed by atoms with Crippen LogP contribution in [0.4, 0.5) is 0 Å². The second-order valence-corrected chi connectivity index (χ2v) is 9.38. The highest BCUT2D eigenvalue weighted by molar-refractivity contribution is 7.91. The molecule has 150 valence electrons. The van der Waals surface area contributed by atoms with Crippen molar-refractivity contribution in [2.45, 2.75) is 58.6 Å². The lowest BCUT2D eigenvalue weighted by Gasteiger charge is -2.27. The number of carbonyl (C=O) groups is 1. The molecule has 1 amide bonds. The Morgan fingerprint density at radius 2 is 2.07 bits per heavy atom. The van der Waals surface area contributed by atoms with E-state index in [2.05, 4.69) is 13.8 Å². The molecule has 1 aliphatic heterocycles. The average molecular weight is 394 g/mol. The first kappa shape index (κ1) is 21.5. The molecule has 0 bridgehead atoms. The smallest absolute Gasteiger partial charge is 0.246 e. The summed E-state index contributed by atoms with van der Waals surface area (Å²) in [6.07, 6.45) is 6.65. The third-order valence-corrected chi connectivity index (χ3v) is 6.66. The molecule has 0 aromatic heterocycles.